The number of aryl methyl sites for hydroxylation is 1. The van der Waals surface area contributed by atoms with E-state index in [-0.39, 0.29) is 0 Å². The van der Waals surface area contributed by atoms with E-state index >= 15 is 0 Å². The highest BCUT2D eigenvalue weighted by Gasteiger charge is 2.17. The summed E-state index contributed by atoms with van der Waals surface area (Å²) in [6.45, 7) is 5.45. The van der Waals surface area contributed by atoms with Gasteiger partial charge in [-0.1, -0.05) is 18.2 Å². The van der Waals surface area contributed by atoms with Gasteiger partial charge in [0.1, 0.15) is 11.5 Å². The second-order valence-electron chi connectivity index (χ2n) is 6.91. The molecule has 5 heteroatoms. The standard InChI is InChI=1S/C21H25N3O2/c1-16-9-10-20(26-16)21-18(13-22-12-17-6-5-11-25-15-17)14-24(23-21)19-7-3-2-4-8-19/h2-4,7-10,14,17,22H,5-6,11-13,15H2,1H3/t17-/m0/s1. The number of hydrogen-bond acceptors (Lipinski definition) is 4. The van der Waals surface area contributed by atoms with Gasteiger partial charge in [-0.2, -0.15) is 5.10 Å². The first kappa shape index (κ1) is 17.1. The van der Waals surface area contributed by atoms with E-state index in [0.717, 1.165) is 61.2 Å². The molecule has 1 fully saturated rings. The zero-order chi connectivity index (χ0) is 17.8. The van der Waals surface area contributed by atoms with Gasteiger partial charge in [0.2, 0.25) is 0 Å². The summed E-state index contributed by atoms with van der Waals surface area (Å²) >= 11 is 0. The largest absolute Gasteiger partial charge is 0.460 e. The van der Waals surface area contributed by atoms with Crippen LogP contribution in [-0.4, -0.2) is 29.5 Å². The summed E-state index contributed by atoms with van der Waals surface area (Å²) in [6.07, 6.45) is 4.49. The van der Waals surface area contributed by atoms with E-state index in [1.807, 2.05) is 41.9 Å². The predicted molar refractivity (Wildman–Crippen MR) is 101 cm³/mol. The molecule has 0 radical (unpaired) electrons. The summed E-state index contributed by atoms with van der Waals surface area (Å²) in [6, 6.07) is 14.1. The first-order valence-electron chi connectivity index (χ1n) is 9.29. The second kappa shape index (κ2) is 7.89. The molecule has 3 aromatic rings. The first-order chi connectivity index (χ1) is 12.8. The van der Waals surface area contributed by atoms with Crippen LogP contribution >= 0.6 is 0 Å². The average Bonchev–Trinajstić information content (AvgIpc) is 3.30. The molecule has 26 heavy (non-hydrogen) atoms. The maximum absolute atomic E-state index is 5.83. The third kappa shape index (κ3) is 3.89. The van der Waals surface area contributed by atoms with Crippen molar-refractivity contribution in [2.75, 3.05) is 19.8 Å². The molecule has 1 aliphatic heterocycles. The number of hydrogen-bond donors (Lipinski definition) is 1. The molecule has 1 atom stereocenters. The number of nitrogens with zero attached hydrogens (tertiary/aromatic N) is 2. The van der Waals surface area contributed by atoms with Crippen molar-refractivity contribution < 1.29 is 9.15 Å². The SMILES string of the molecule is Cc1ccc(-c2nn(-c3ccccc3)cc2CNC[C@@H]2CCCOC2)o1. The zero-order valence-corrected chi connectivity index (χ0v) is 15.1. The first-order valence-corrected chi connectivity index (χ1v) is 9.29. The molecule has 0 saturated carbocycles. The summed E-state index contributed by atoms with van der Waals surface area (Å²) in [7, 11) is 0. The van der Waals surface area contributed by atoms with Gasteiger partial charge in [-0.25, -0.2) is 4.68 Å². The Bertz CT molecular complexity index is 832. The van der Waals surface area contributed by atoms with E-state index in [4.69, 9.17) is 14.3 Å². The van der Waals surface area contributed by atoms with Crippen molar-refractivity contribution in [2.45, 2.75) is 26.3 Å². The quantitative estimate of drug-likeness (QED) is 0.730. The fourth-order valence-electron chi connectivity index (χ4n) is 3.40. The average molecular weight is 351 g/mol. The highest BCUT2D eigenvalue weighted by molar-refractivity contribution is 5.57. The van der Waals surface area contributed by atoms with E-state index in [9.17, 15) is 0 Å². The molecule has 1 saturated heterocycles. The van der Waals surface area contributed by atoms with Gasteiger partial charge >= 0.3 is 0 Å². The number of nitrogens with one attached hydrogen (secondary N) is 1. The monoisotopic (exact) mass is 351 g/mol. The van der Waals surface area contributed by atoms with Gasteiger partial charge in [0.05, 0.1) is 12.3 Å². The number of furan rings is 1. The van der Waals surface area contributed by atoms with Crippen LogP contribution < -0.4 is 5.32 Å². The van der Waals surface area contributed by atoms with Crippen LogP contribution in [0.2, 0.25) is 0 Å². The number of aromatic nitrogens is 2. The van der Waals surface area contributed by atoms with E-state index < -0.39 is 0 Å². The normalized spacial score (nSPS) is 17.5. The Labute approximate surface area is 154 Å². The lowest BCUT2D eigenvalue weighted by Gasteiger charge is -2.22. The lowest BCUT2D eigenvalue weighted by Crippen LogP contribution is -2.28. The van der Waals surface area contributed by atoms with E-state index in [1.165, 1.54) is 6.42 Å². The van der Waals surface area contributed by atoms with Crippen LogP contribution in [0.4, 0.5) is 0 Å². The van der Waals surface area contributed by atoms with E-state index in [1.54, 1.807) is 0 Å². The van der Waals surface area contributed by atoms with Crippen LogP contribution in [0.3, 0.4) is 0 Å². The van der Waals surface area contributed by atoms with Crippen molar-refractivity contribution in [3.05, 3.63) is 60.0 Å². The molecule has 0 spiro atoms. The van der Waals surface area contributed by atoms with Crippen LogP contribution in [0.15, 0.2) is 53.1 Å². The smallest absolute Gasteiger partial charge is 0.154 e. The minimum atomic E-state index is 0.599. The summed E-state index contributed by atoms with van der Waals surface area (Å²) in [4.78, 5) is 0. The number of para-hydroxylation sites is 1. The van der Waals surface area contributed by atoms with Crippen LogP contribution in [-0.2, 0) is 11.3 Å². The highest BCUT2D eigenvalue weighted by atomic mass is 16.5. The summed E-state index contributed by atoms with van der Waals surface area (Å²) in [5.41, 5.74) is 3.08. The van der Waals surface area contributed by atoms with Crippen molar-refractivity contribution >= 4 is 0 Å². The molecule has 136 valence electrons. The highest BCUT2D eigenvalue weighted by Crippen LogP contribution is 2.25. The van der Waals surface area contributed by atoms with E-state index in [2.05, 4.69) is 23.6 Å². The molecule has 4 rings (SSSR count). The van der Waals surface area contributed by atoms with Gasteiger partial charge in [0, 0.05) is 31.5 Å². The topological polar surface area (TPSA) is 52.2 Å². The Hall–Kier alpha value is -2.37. The summed E-state index contributed by atoms with van der Waals surface area (Å²) in [5, 5.41) is 8.37. The predicted octanol–water partition coefficient (Wildman–Crippen LogP) is 3.96. The third-order valence-electron chi connectivity index (χ3n) is 4.79. The van der Waals surface area contributed by atoms with Crippen molar-refractivity contribution in [3.8, 4) is 17.1 Å². The van der Waals surface area contributed by atoms with Gasteiger partial charge < -0.3 is 14.5 Å². The fraction of sp³-hybridized carbons (Fsp3) is 0.381. The molecule has 0 amide bonds. The van der Waals surface area contributed by atoms with Gasteiger partial charge in [0.25, 0.3) is 0 Å². The zero-order valence-electron chi connectivity index (χ0n) is 15.1. The Kier molecular flexibility index (Phi) is 5.18. The Balaban J connectivity index is 1.54. The Morgan fingerprint density at radius 3 is 2.81 bits per heavy atom. The van der Waals surface area contributed by atoms with Gasteiger partial charge in [-0.3, -0.25) is 0 Å². The number of rotatable bonds is 6. The van der Waals surface area contributed by atoms with Crippen LogP contribution in [0.1, 0.15) is 24.2 Å². The van der Waals surface area contributed by atoms with Crippen molar-refractivity contribution in [3.63, 3.8) is 0 Å². The number of ether oxygens (including phenoxy) is 1. The molecule has 3 heterocycles. The molecule has 1 aliphatic rings. The molecule has 1 N–H and O–H groups in total. The van der Waals surface area contributed by atoms with Crippen LogP contribution in [0.5, 0.6) is 0 Å². The van der Waals surface area contributed by atoms with Crippen molar-refractivity contribution in [1.29, 1.82) is 0 Å². The van der Waals surface area contributed by atoms with Crippen molar-refractivity contribution in [2.24, 2.45) is 5.92 Å². The number of benzene rings is 1. The van der Waals surface area contributed by atoms with Crippen LogP contribution in [0.25, 0.3) is 17.1 Å². The third-order valence-corrected chi connectivity index (χ3v) is 4.79. The summed E-state index contributed by atoms with van der Waals surface area (Å²) in [5.74, 6) is 2.31. The van der Waals surface area contributed by atoms with Gasteiger partial charge in [-0.05, 0) is 49.9 Å². The maximum atomic E-state index is 5.83. The Morgan fingerprint density at radius 2 is 2.08 bits per heavy atom. The molecule has 0 unspecified atom stereocenters. The fourth-order valence-corrected chi connectivity index (χ4v) is 3.40. The molecule has 2 aromatic heterocycles. The molecule has 0 aliphatic carbocycles. The Morgan fingerprint density at radius 1 is 1.19 bits per heavy atom. The maximum Gasteiger partial charge on any atom is 0.154 e. The van der Waals surface area contributed by atoms with E-state index in [0.29, 0.717) is 5.92 Å². The van der Waals surface area contributed by atoms with Crippen molar-refractivity contribution in [1.82, 2.24) is 15.1 Å². The molecule has 1 aromatic carbocycles. The minimum absolute atomic E-state index is 0.599. The molecular weight excluding hydrogens is 326 g/mol. The molecular formula is C21H25N3O2. The summed E-state index contributed by atoms with van der Waals surface area (Å²) < 4.78 is 13.3. The molecule has 5 nitrogen and oxygen atoms in total. The van der Waals surface area contributed by atoms with Gasteiger partial charge in [0.15, 0.2) is 5.76 Å². The lowest BCUT2D eigenvalue weighted by atomic mass is 10.0. The second-order valence-corrected chi connectivity index (χ2v) is 6.91. The van der Waals surface area contributed by atoms with Crippen LogP contribution in [0, 0.1) is 12.8 Å². The van der Waals surface area contributed by atoms with Gasteiger partial charge in [-0.15, -0.1) is 0 Å². The molecule has 0 bridgehead atoms. The lowest BCUT2D eigenvalue weighted by molar-refractivity contribution is 0.0547. The minimum Gasteiger partial charge on any atom is -0.460 e.